The van der Waals surface area contributed by atoms with Gasteiger partial charge >= 0.3 is 6.09 Å². The fourth-order valence-electron chi connectivity index (χ4n) is 3.26. The number of alkyl carbamates (subject to hydrolysis) is 1. The number of para-hydroxylation sites is 1. The van der Waals surface area contributed by atoms with Crippen LogP contribution in [0.1, 0.15) is 58.6 Å². The molecule has 0 aliphatic carbocycles. The molecule has 190 valence electrons. The highest BCUT2D eigenvalue weighted by atomic mass is 32.2. The zero-order valence-electron chi connectivity index (χ0n) is 20.9. The second kappa shape index (κ2) is 14.6. The minimum absolute atomic E-state index is 0.0464. The number of nitrogens with zero attached hydrogens (tertiary/aromatic N) is 1. The topological polar surface area (TPSA) is 108 Å². The van der Waals surface area contributed by atoms with E-state index in [0.29, 0.717) is 24.3 Å². The highest BCUT2D eigenvalue weighted by molar-refractivity contribution is 7.98. The summed E-state index contributed by atoms with van der Waals surface area (Å²) in [7, 11) is 0. The molecule has 8 nitrogen and oxygen atoms in total. The van der Waals surface area contributed by atoms with Crippen LogP contribution in [0, 0.1) is 0 Å². The molecule has 0 saturated carbocycles. The van der Waals surface area contributed by atoms with Crippen molar-refractivity contribution < 1.29 is 24.2 Å². The number of hydrogen-bond donors (Lipinski definition) is 3. The summed E-state index contributed by atoms with van der Waals surface area (Å²) in [5.41, 5.74) is -0.428. The number of benzene rings is 1. The first kappa shape index (κ1) is 29.4. The number of phenolic OH excluding ortho intramolecular Hbond substituents is 1. The summed E-state index contributed by atoms with van der Waals surface area (Å²) >= 11 is 1.54. The van der Waals surface area contributed by atoms with E-state index in [4.69, 9.17) is 4.74 Å². The molecule has 1 aromatic rings. The minimum atomic E-state index is -1.10. The van der Waals surface area contributed by atoms with Crippen LogP contribution in [0.3, 0.4) is 0 Å². The molecule has 0 aliphatic heterocycles. The zero-order chi connectivity index (χ0) is 25.7. The first-order valence-corrected chi connectivity index (χ1v) is 12.9. The number of amides is 3. The Bertz CT molecular complexity index is 825. The van der Waals surface area contributed by atoms with Crippen molar-refractivity contribution in [1.29, 1.82) is 0 Å². The summed E-state index contributed by atoms with van der Waals surface area (Å²) in [5.74, 6) is -0.358. The Morgan fingerprint density at radius 2 is 1.94 bits per heavy atom. The van der Waals surface area contributed by atoms with E-state index in [9.17, 15) is 19.5 Å². The minimum Gasteiger partial charge on any atom is -0.508 e. The maximum Gasteiger partial charge on any atom is 0.408 e. The lowest BCUT2D eigenvalue weighted by Gasteiger charge is -2.34. The zero-order valence-corrected chi connectivity index (χ0v) is 21.7. The quantitative estimate of drug-likeness (QED) is 0.283. The predicted octanol–water partition coefficient (Wildman–Crippen LogP) is 4.01. The third-order valence-electron chi connectivity index (χ3n) is 4.83. The van der Waals surface area contributed by atoms with Crippen LogP contribution in [0.25, 0.3) is 0 Å². The van der Waals surface area contributed by atoms with Crippen molar-refractivity contribution in [3.63, 3.8) is 0 Å². The average molecular weight is 494 g/mol. The van der Waals surface area contributed by atoms with Crippen LogP contribution in [-0.4, -0.2) is 64.7 Å². The maximum absolute atomic E-state index is 13.7. The van der Waals surface area contributed by atoms with Gasteiger partial charge in [0.1, 0.15) is 23.4 Å². The molecule has 3 N–H and O–H groups in total. The first-order valence-electron chi connectivity index (χ1n) is 11.5. The van der Waals surface area contributed by atoms with Gasteiger partial charge in [-0.3, -0.25) is 9.59 Å². The number of aromatic hydroxyl groups is 1. The van der Waals surface area contributed by atoms with E-state index >= 15 is 0 Å². The van der Waals surface area contributed by atoms with Gasteiger partial charge in [0.05, 0.1) is 0 Å². The Morgan fingerprint density at radius 3 is 2.50 bits per heavy atom. The number of rotatable bonds is 13. The lowest BCUT2D eigenvalue weighted by atomic mass is 10.0. The number of phenols is 1. The van der Waals surface area contributed by atoms with Crippen molar-refractivity contribution in [2.24, 2.45) is 0 Å². The van der Waals surface area contributed by atoms with Gasteiger partial charge in [-0.2, -0.15) is 11.8 Å². The van der Waals surface area contributed by atoms with E-state index in [1.807, 2.05) is 13.2 Å². The van der Waals surface area contributed by atoms with Crippen LogP contribution in [0.15, 0.2) is 36.9 Å². The second-order valence-corrected chi connectivity index (χ2v) is 9.85. The fraction of sp³-hybridized carbons (Fsp3) is 0.560. The molecule has 0 bridgehead atoms. The highest BCUT2D eigenvalue weighted by Crippen LogP contribution is 2.30. The highest BCUT2D eigenvalue weighted by Gasteiger charge is 2.36. The molecular formula is C25H39N3O5S. The van der Waals surface area contributed by atoms with Gasteiger partial charge < -0.3 is 25.4 Å². The normalized spacial score (nSPS) is 12.9. The van der Waals surface area contributed by atoms with Crippen molar-refractivity contribution >= 4 is 29.7 Å². The van der Waals surface area contributed by atoms with Crippen LogP contribution in [0.4, 0.5) is 4.79 Å². The molecule has 1 rings (SSSR count). The number of nitrogens with one attached hydrogen (secondary N) is 2. The van der Waals surface area contributed by atoms with Crippen molar-refractivity contribution in [3.05, 3.63) is 42.5 Å². The second-order valence-electron chi connectivity index (χ2n) is 8.87. The molecule has 0 spiro atoms. The number of thioether (sulfide) groups is 1. The predicted molar refractivity (Wildman–Crippen MR) is 137 cm³/mol. The third kappa shape index (κ3) is 9.67. The Morgan fingerprint density at radius 1 is 1.26 bits per heavy atom. The SMILES string of the molecule is C=CCN(C(=O)C(CCSC)NC(=O)OC(C)(C)C)C(C(=O)NCCCC)c1ccccc1O. The first-order chi connectivity index (χ1) is 16.1. The van der Waals surface area contributed by atoms with Gasteiger partial charge in [0.25, 0.3) is 0 Å². The molecule has 0 fully saturated rings. The van der Waals surface area contributed by atoms with E-state index in [-0.39, 0.29) is 12.3 Å². The van der Waals surface area contributed by atoms with Gasteiger partial charge in [0.15, 0.2) is 0 Å². The van der Waals surface area contributed by atoms with Crippen LogP contribution in [0.5, 0.6) is 5.75 Å². The number of carbonyl (C=O) groups is 3. The average Bonchev–Trinajstić information content (AvgIpc) is 2.76. The van der Waals surface area contributed by atoms with Crippen LogP contribution in [-0.2, 0) is 14.3 Å². The summed E-state index contributed by atoms with van der Waals surface area (Å²) in [4.78, 5) is 40.8. The van der Waals surface area contributed by atoms with Gasteiger partial charge in [-0.25, -0.2) is 4.79 Å². The summed E-state index contributed by atoms with van der Waals surface area (Å²) < 4.78 is 5.35. The fourth-order valence-corrected chi connectivity index (χ4v) is 3.73. The summed E-state index contributed by atoms with van der Waals surface area (Å²) in [5, 5.41) is 16.0. The molecule has 34 heavy (non-hydrogen) atoms. The Labute approximate surface area is 207 Å². The smallest absolute Gasteiger partial charge is 0.408 e. The standard InChI is InChI=1S/C25H39N3O5S/c1-7-9-15-26-22(30)21(18-12-10-11-13-20(18)29)28(16-8-2)23(31)19(14-17-34-6)27-24(32)33-25(3,4)5/h8,10-13,19,21,29H,2,7,9,14-17H2,1,3-6H3,(H,26,30)(H,27,32). The van der Waals surface area contributed by atoms with Crippen molar-refractivity contribution in [2.75, 3.05) is 25.1 Å². The molecular weight excluding hydrogens is 454 g/mol. The summed E-state index contributed by atoms with van der Waals surface area (Å²) in [6.45, 7) is 11.5. The molecule has 9 heteroatoms. The van der Waals surface area contributed by atoms with Gasteiger partial charge in [-0.15, -0.1) is 6.58 Å². The maximum atomic E-state index is 13.7. The number of ether oxygens (including phenoxy) is 1. The summed E-state index contributed by atoms with van der Waals surface area (Å²) in [6, 6.07) is 4.42. The molecule has 1 aromatic carbocycles. The molecule has 0 radical (unpaired) electrons. The number of unbranched alkanes of at least 4 members (excludes halogenated alkanes) is 1. The molecule has 2 atom stereocenters. The lowest BCUT2D eigenvalue weighted by molar-refractivity contribution is -0.141. The van der Waals surface area contributed by atoms with E-state index in [2.05, 4.69) is 17.2 Å². The molecule has 0 saturated heterocycles. The molecule has 0 heterocycles. The van der Waals surface area contributed by atoms with Crippen molar-refractivity contribution in [3.8, 4) is 5.75 Å². The van der Waals surface area contributed by atoms with Crippen molar-refractivity contribution in [1.82, 2.24) is 15.5 Å². The van der Waals surface area contributed by atoms with Crippen LogP contribution < -0.4 is 10.6 Å². The van der Waals surface area contributed by atoms with Gasteiger partial charge in [0, 0.05) is 18.7 Å². The molecule has 3 amide bonds. The van der Waals surface area contributed by atoms with E-state index in [0.717, 1.165) is 12.8 Å². The molecule has 0 aliphatic rings. The van der Waals surface area contributed by atoms with Gasteiger partial charge in [0.2, 0.25) is 11.8 Å². The van der Waals surface area contributed by atoms with Gasteiger partial charge in [-0.1, -0.05) is 37.6 Å². The van der Waals surface area contributed by atoms with Crippen molar-refractivity contribution in [2.45, 2.75) is 64.6 Å². The van der Waals surface area contributed by atoms with E-state index < -0.39 is 35.6 Å². The Kier molecular flexibility index (Phi) is 12.6. The van der Waals surface area contributed by atoms with E-state index in [1.54, 1.807) is 39.0 Å². The van der Waals surface area contributed by atoms with Crippen LogP contribution in [0.2, 0.25) is 0 Å². The van der Waals surface area contributed by atoms with E-state index in [1.165, 1.54) is 28.8 Å². The summed E-state index contributed by atoms with van der Waals surface area (Å²) in [6.07, 6.45) is 4.74. The largest absolute Gasteiger partial charge is 0.508 e. The van der Waals surface area contributed by atoms with Gasteiger partial charge in [-0.05, 0) is 51.7 Å². The molecule has 0 aromatic heterocycles. The number of carbonyl (C=O) groups excluding carboxylic acids is 3. The third-order valence-corrected chi connectivity index (χ3v) is 5.47. The Hall–Kier alpha value is -2.68. The Balaban J connectivity index is 3.36. The number of hydrogen-bond acceptors (Lipinski definition) is 6. The van der Waals surface area contributed by atoms with Crippen LogP contribution >= 0.6 is 11.8 Å². The monoisotopic (exact) mass is 493 g/mol. The molecule has 2 unspecified atom stereocenters. The lowest BCUT2D eigenvalue weighted by Crippen LogP contribution is -2.53.